The average Bonchev–Trinajstić information content (AvgIpc) is 3.13. The summed E-state index contributed by atoms with van der Waals surface area (Å²) in [6.45, 7) is 0. The van der Waals surface area contributed by atoms with E-state index in [4.69, 9.17) is 0 Å². The number of fused-ring (bicyclic) bond motifs is 2. The van der Waals surface area contributed by atoms with Gasteiger partial charge in [0.15, 0.2) is 0 Å². The topological polar surface area (TPSA) is 104 Å². The van der Waals surface area contributed by atoms with E-state index in [-0.39, 0.29) is 19.0 Å². The van der Waals surface area contributed by atoms with E-state index in [2.05, 4.69) is 25.3 Å². The first kappa shape index (κ1) is 19.1. The van der Waals surface area contributed by atoms with Crippen molar-refractivity contribution in [1.29, 1.82) is 0 Å². The molecule has 2 aromatic carbocycles. The highest BCUT2D eigenvalue weighted by atomic mass is 16.2. The number of nitrogens with one attached hydrogen (secondary N) is 3. The molecule has 5 rings (SSSR count). The molecule has 0 unspecified atom stereocenters. The monoisotopic (exact) mass is 397 g/mol. The highest BCUT2D eigenvalue weighted by Crippen LogP contribution is 2.25. The molecule has 0 saturated carbocycles. The average molecular weight is 397 g/mol. The molecule has 7 nitrogen and oxygen atoms in total. The molecule has 3 aromatic heterocycles. The summed E-state index contributed by atoms with van der Waals surface area (Å²) >= 11 is 0. The summed E-state index contributed by atoms with van der Waals surface area (Å²) in [6, 6.07) is 18.2. The van der Waals surface area contributed by atoms with Gasteiger partial charge in [0.1, 0.15) is 0 Å². The molecular formula is C23H19N5O2. The van der Waals surface area contributed by atoms with E-state index < -0.39 is 0 Å². The van der Waals surface area contributed by atoms with Crippen LogP contribution in [0.4, 0.5) is 5.69 Å². The van der Waals surface area contributed by atoms with Gasteiger partial charge in [-0.15, -0.1) is 0 Å². The molecule has 0 aliphatic carbocycles. The van der Waals surface area contributed by atoms with Crippen LogP contribution in [-0.2, 0) is 0 Å². The molecule has 0 saturated heterocycles. The number of carbonyl (C=O) groups is 1. The van der Waals surface area contributed by atoms with E-state index in [9.17, 15) is 9.59 Å². The lowest BCUT2D eigenvalue weighted by Gasteiger charge is -2.10. The lowest BCUT2D eigenvalue weighted by atomic mass is 10.0. The number of pyridine rings is 2. The summed E-state index contributed by atoms with van der Waals surface area (Å²) in [5, 5.41) is 3.67. The van der Waals surface area contributed by atoms with E-state index >= 15 is 0 Å². The van der Waals surface area contributed by atoms with Crippen LogP contribution in [0.1, 0.15) is 17.8 Å². The maximum absolute atomic E-state index is 13.1. The van der Waals surface area contributed by atoms with Crippen molar-refractivity contribution in [2.24, 2.45) is 0 Å². The maximum atomic E-state index is 13.1. The predicted molar refractivity (Wildman–Crippen MR) is 119 cm³/mol. The third-order valence-electron chi connectivity index (χ3n) is 4.69. The molecule has 5 aromatic rings. The quantitative estimate of drug-likeness (QED) is 0.421. The Hall–Kier alpha value is -4.26. The van der Waals surface area contributed by atoms with Crippen LogP contribution in [0.3, 0.4) is 0 Å². The zero-order valence-corrected chi connectivity index (χ0v) is 15.1. The minimum absolute atomic E-state index is 0. The van der Waals surface area contributed by atoms with Gasteiger partial charge in [0, 0.05) is 29.0 Å². The van der Waals surface area contributed by atoms with Crippen molar-refractivity contribution in [2.45, 2.75) is 7.43 Å². The summed E-state index contributed by atoms with van der Waals surface area (Å²) in [7, 11) is 0. The summed E-state index contributed by atoms with van der Waals surface area (Å²) in [5.74, 6) is -0.258. The number of carbonyl (C=O) groups excluding carboxylic acids is 1. The molecule has 0 bridgehead atoms. The van der Waals surface area contributed by atoms with Gasteiger partial charge >= 0.3 is 5.69 Å². The van der Waals surface area contributed by atoms with E-state index in [0.717, 1.165) is 16.5 Å². The minimum atomic E-state index is -0.287. The van der Waals surface area contributed by atoms with Gasteiger partial charge in [-0.1, -0.05) is 25.6 Å². The number of benzene rings is 2. The number of amides is 1. The molecule has 3 heterocycles. The fourth-order valence-corrected chi connectivity index (χ4v) is 3.33. The zero-order valence-electron chi connectivity index (χ0n) is 15.1. The smallest absolute Gasteiger partial charge is 0.322 e. The Balaban J connectivity index is 0.00000218. The molecule has 1 amide bonds. The summed E-state index contributed by atoms with van der Waals surface area (Å²) in [4.78, 5) is 38.8. The second kappa shape index (κ2) is 7.63. The molecule has 7 heteroatoms. The normalized spacial score (nSPS) is 10.7. The Kier molecular flexibility index (Phi) is 4.85. The number of aromatic amines is 2. The lowest BCUT2D eigenvalue weighted by Crippen LogP contribution is -2.13. The van der Waals surface area contributed by atoms with Crippen molar-refractivity contribution < 1.29 is 4.79 Å². The third-order valence-corrected chi connectivity index (χ3v) is 4.69. The standard InChI is InChI=1S/C22H15N5O2.CH4/c28-21(24-14-7-8-18-20(10-14)27-22(29)26-18)16-11-19(13-4-3-9-23-12-13)25-17-6-2-1-5-15(16)17;/h1-12H,(H,24,28)(H2,26,27,29);1H4. The number of anilines is 1. The van der Waals surface area contributed by atoms with Crippen LogP contribution in [0.25, 0.3) is 33.2 Å². The first-order valence-electron chi connectivity index (χ1n) is 9.01. The lowest BCUT2D eigenvalue weighted by molar-refractivity contribution is 0.102. The van der Waals surface area contributed by atoms with Gasteiger partial charge in [-0.3, -0.25) is 9.78 Å². The second-order valence-electron chi connectivity index (χ2n) is 6.61. The van der Waals surface area contributed by atoms with Gasteiger partial charge in [-0.25, -0.2) is 9.78 Å². The van der Waals surface area contributed by atoms with Crippen molar-refractivity contribution in [3.63, 3.8) is 0 Å². The Morgan fingerprint density at radius 3 is 2.60 bits per heavy atom. The second-order valence-corrected chi connectivity index (χ2v) is 6.61. The highest BCUT2D eigenvalue weighted by Gasteiger charge is 2.14. The molecule has 0 radical (unpaired) electrons. The Morgan fingerprint density at radius 1 is 0.933 bits per heavy atom. The highest BCUT2D eigenvalue weighted by molar-refractivity contribution is 6.13. The molecule has 0 spiro atoms. The number of nitrogens with zero attached hydrogens (tertiary/aromatic N) is 2. The summed E-state index contributed by atoms with van der Waals surface area (Å²) in [5.41, 5.74) is 4.35. The van der Waals surface area contributed by atoms with Gasteiger partial charge < -0.3 is 15.3 Å². The van der Waals surface area contributed by atoms with E-state index in [1.807, 2.05) is 36.4 Å². The molecule has 30 heavy (non-hydrogen) atoms. The first-order valence-corrected chi connectivity index (χ1v) is 9.01. The number of hydrogen-bond donors (Lipinski definition) is 3. The molecule has 0 fully saturated rings. The number of imidazole rings is 1. The van der Waals surface area contributed by atoms with Crippen LogP contribution in [0, 0.1) is 0 Å². The SMILES string of the molecule is C.O=C(Nc1ccc2[nH]c(=O)[nH]c2c1)c1cc(-c2cccnc2)nc2ccccc12. The van der Waals surface area contributed by atoms with Crippen LogP contribution in [0.2, 0.25) is 0 Å². The predicted octanol–water partition coefficient (Wildman–Crippen LogP) is 4.35. The van der Waals surface area contributed by atoms with Crippen molar-refractivity contribution in [1.82, 2.24) is 19.9 Å². The first-order chi connectivity index (χ1) is 14.2. The van der Waals surface area contributed by atoms with Gasteiger partial charge in [-0.2, -0.15) is 0 Å². The van der Waals surface area contributed by atoms with Crippen LogP contribution < -0.4 is 11.0 Å². The zero-order chi connectivity index (χ0) is 19.8. The van der Waals surface area contributed by atoms with Crippen molar-refractivity contribution in [2.75, 3.05) is 5.32 Å². The number of rotatable bonds is 3. The fraction of sp³-hybridized carbons (Fsp3) is 0.0435. The number of aromatic nitrogens is 4. The van der Waals surface area contributed by atoms with E-state index in [1.165, 1.54) is 0 Å². The summed E-state index contributed by atoms with van der Waals surface area (Å²) in [6.07, 6.45) is 3.41. The van der Waals surface area contributed by atoms with Gasteiger partial charge in [0.25, 0.3) is 5.91 Å². The van der Waals surface area contributed by atoms with Crippen LogP contribution in [0.15, 0.2) is 77.9 Å². The Labute approximate surface area is 171 Å². The number of para-hydroxylation sites is 1. The number of H-pyrrole nitrogens is 2. The van der Waals surface area contributed by atoms with Crippen molar-refractivity contribution >= 4 is 33.5 Å². The largest absolute Gasteiger partial charge is 0.323 e. The maximum Gasteiger partial charge on any atom is 0.323 e. The van der Waals surface area contributed by atoms with Crippen molar-refractivity contribution in [3.05, 3.63) is 89.1 Å². The molecule has 148 valence electrons. The van der Waals surface area contributed by atoms with E-state index in [1.54, 1.807) is 36.7 Å². The van der Waals surface area contributed by atoms with Gasteiger partial charge in [0.05, 0.1) is 27.8 Å². The van der Waals surface area contributed by atoms with Crippen molar-refractivity contribution in [3.8, 4) is 11.3 Å². The molecule has 3 N–H and O–H groups in total. The molecule has 0 atom stereocenters. The van der Waals surface area contributed by atoms with E-state index in [0.29, 0.717) is 28.0 Å². The Morgan fingerprint density at radius 2 is 1.77 bits per heavy atom. The minimum Gasteiger partial charge on any atom is -0.322 e. The van der Waals surface area contributed by atoms with Crippen LogP contribution in [-0.4, -0.2) is 25.8 Å². The number of hydrogen-bond acceptors (Lipinski definition) is 4. The molecule has 0 aliphatic heterocycles. The molecular weight excluding hydrogens is 378 g/mol. The Bertz CT molecular complexity index is 1420. The van der Waals surface area contributed by atoms with Crippen LogP contribution >= 0.6 is 0 Å². The molecule has 0 aliphatic rings. The summed E-state index contributed by atoms with van der Waals surface area (Å²) < 4.78 is 0. The fourth-order valence-electron chi connectivity index (χ4n) is 3.33. The van der Waals surface area contributed by atoms with Crippen LogP contribution in [0.5, 0.6) is 0 Å². The van der Waals surface area contributed by atoms with Gasteiger partial charge in [0.2, 0.25) is 0 Å². The third kappa shape index (κ3) is 3.44. The van der Waals surface area contributed by atoms with Gasteiger partial charge in [-0.05, 0) is 42.5 Å².